The summed E-state index contributed by atoms with van der Waals surface area (Å²) in [5.41, 5.74) is 4.00. The Labute approximate surface area is 309 Å². The smallest absolute Gasteiger partial charge is 0.271 e. The van der Waals surface area contributed by atoms with Crippen molar-refractivity contribution in [2.75, 3.05) is 33.8 Å². The van der Waals surface area contributed by atoms with Gasteiger partial charge < -0.3 is 30.9 Å². The van der Waals surface area contributed by atoms with Crippen molar-refractivity contribution < 1.29 is 28.7 Å². The van der Waals surface area contributed by atoms with Gasteiger partial charge in [-0.25, -0.2) is 4.98 Å². The number of ether oxygens (including phenoxy) is 1. The molecule has 5 amide bonds. The highest BCUT2D eigenvalue weighted by molar-refractivity contribution is 7.09. The third-order valence-corrected chi connectivity index (χ3v) is 9.93. The molecule has 280 valence electrons. The summed E-state index contributed by atoms with van der Waals surface area (Å²) in [4.78, 5) is 75.2. The van der Waals surface area contributed by atoms with Gasteiger partial charge in [0, 0.05) is 37.6 Å². The molecule has 0 radical (unpaired) electrons. The minimum absolute atomic E-state index is 0.00413. The molecule has 0 saturated heterocycles. The average Bonchev–Trinajstić information content (AvgIpc) is 3.59. The van der Waals surface area contributed by atoms with E-state index in [1.807, 2.05) is 61.2 Å². The lowest BCUT2D eigenvalue weighted by Gasteiger charge is -2.29. The lowest BCUT2D eigenvalue weighted by atomic mass is 10.0. The van der Waals surface area contributed by atoms with Crippen LogP contribution >= 0.6 is 11.3 Å². The first-order chi connectivity index (χ1) is 24.7. The maximum Gasteiger partial charge on any atom is 0.271 e. The van der Waals surface area contributed by atoms with Gasteiger partial charge >= 0.3 is 0 Å². The number of carbonyl (C=O) groups is 5. The quantitative estimate of drug-likeness (QED) is 0.301. The summed E-state index contributed by atoms with van der Waals surface area (Å²) in [5, 5.41) is 13.4. The van der Waals surface area contributed by atoms with Crippen molar-refractivity contribution in [2.45, 2.75) is 78.7 Å². The zero-order valence-corrected chi connectivity index (χ0v) is 32.1. The number of nitrogens with one attached hydrogen (secondary N) is 4. The summed E-state index contributed by atoms with van der Waals surface area (Å²) >= 11 is 1.24. The molecule has 14 heteroatoms. The lowest BCUT2D eigenvalue weighted by molar-refractivity contribution is -0.136. The Morgan fingerprint density at radius 2 is 1.63 bits per heavy atom. The van der Waals surface area contributed by atoms with E-state index in [0.29, 0.717) is 24.5 Å². The molecule has 4 N–H and O–H groups in total. The van der Waals surface area contributed by atoms with E-state index in [2.05, 4.69) is 26.3 Å². The maximum atomic E-state index is 13.9. The van der Waals surface area contributed by atoms with Gasteiger partial charge in [-0.2, -0.15) is 0 Å². The van der Waals surface area contributed by atoms with Crippen molar-refractivity contribution in [3.8, 4) is 5.75 Å². The molecule has 4 atom stereocenters. The molecule has 52 heavy (non-hydrogen) atoms. The van der Waals surface area contributed by atoms with Crippen molar-refractivity contribution >= 4 is 40.9 Å². The molecular formula is C38H51N7O6S. The highest BCUT2D eigenvalue weighted by atomic mass is 32.1. The lowest BCUT2D eigenvalue weighted by Crippen LogP contribution is -2.57. The zero-order chi connectivity index (χ0) is 38.1. The number of aromatic nitrogens is 1. The van der Waals surface area contributed by atoms with Gasteiger partial charge in [0.25, 0.3) is 5.91 Å². The molecular weight excluding hydrogens is 683 g/mol. The Hall–Kier alpha value is -4.82. The Kier molecular flexibility index (Phi) is 13.9. The minimum atomic E-state index is -0.993. The van der Waals surface area contributed by atoms with Crippen LogP contribution in [-0.4, -0.2) is 96.2 Å². The van der Waals surface area contributed by atoms with Crippen LogP contribution in [0.3, 0.4) is 0 Å². The van der Waals surface area contributed by atoms with Crippen LogP contribution in [0.1, 0.15) is 71.5 Å². The van der Waals surface area contributed by atoms with Crippen LogP contribution in [0.5, 0.6) is 5.75 Å². The van der Waals surface area contributed by atoms with Crippen LogP contribution in [-0.2, 0) is 32.1 Å². The number of carbonyl (C=O) groups excluding carboxylic acids is 5. The largest absolute Gasteiger partial charge is 0.496 e. The fourth-order valence-corrected chi connectivity index (χ4v) is 7.05. The van der Waals surface area contributed by atoms with Crippen LogP contribution in [0.4, 0.5) is 0 Å². The van der Waals surface area contributed by atoms with Gasteiger partial charge in [-0.15, -0.1) is 11.3 Å². The van der Waals surface area contributed by atoms with Crippen LogP contribution in [0, 0.1) is 19.8 Å². The molecule has 0 aliphatic carbocycles. The van der Waals surface area contributed by atoms with Crippen molar-refractivity contribution in [3.05, 3.63) is 80.8 Å². The second-order valence-corrected chi connectivity index (χ2v) is 14.7. The summed E-state index contributed by atoms with van der Waals surface area (Å²) in [6.45, 7) is 11.6. The van der Waals surface area contributed by atoms with Crippen molar-refractivity contribution in [1.29, 1.82) is 0 Å². The van der Waals surface area contributed by atoms with Crippen molar-refractivity contribution in [3.63, 3.8) is 0 Å². The normalized spacial score (nSPS) is 21.9. The molecule has 3 aromatic rings. The van der Waals surface area contributed by atoms with E-state index in [9.17, 15) is 24.0 Å². The molecule has 1 aliphatic rings. The highest BCUT2D eigenvalue weighted by Gasteiger charge is 2.31. The number of nitrogens with zero attached hydrogens (tertiary/aromatic N) is 3. The number of amides is 5. The number of benzene rings is 2. The molecule has 2 heterocycles. The van der Waals surface area contributed by atoms with Gasteiger partial charge in [-0.3, -0.25) is 28.9 Å². The Bertz CT molecular complexity index is 1750. The molecule has 0 saturated carbocycles. The molecule has 13 nitrogen and oxygen atoms in total. The number of hydrogen-bond donors (Lipinski definition) is 4. The van der Waals surface area contributed by atoms with E-state index in [4.69, 9.17) is 4.74 Å². The minimum Gasteiger partial charge on any atom is -0.496 e. The van der Waals surface area contributed by atoms with Crippen molar-refractivity contribution in [2.24, 2.45) is 5.92 Å². The average molecular weight is 734 g/mol. The standard InChI is InChI=1S/C38H51N7O6S/c1-22(2)32-36(49)40-26(6)38(50)44(7)14-15-45(19-28-17-23(3)16-24(4)33(28)51-8)20-31(46)41-29(18-27-12-10-9-11-13-27)37-42-30(21-52-37)35(48)39-25(5)34(47)43-32/h9-13,16-17,21-22,25-26,29,32H,14-15,18-20H2,1-8H3,(H,39,48)(H,40,49)(H,41,46)(H,43,47)/t25-,26+,29-,32-/m0/s1. The number of aryl methyl sites for hydroxylation is 2. The fraction of sp³-hybridized carbons (Fsp3) is 0.474. The SMILES string of the molecule is COc1c(C)cc(C)cc1CN1CCN(C)C(=O)[C@@H](C)NC(=O)[C@H](C(C)C)NC(=O)[C@H](C)NC(=O)c2csc(n2)[C@H](Cc2ccccc2)NC(=O)C1. The predicted octanol–water partition coefficient (Wildman–Crippen LogP) is 2.91. The third-order valence-electron chi connectivity index (χ3n) is 8.98. The number of fused-ring (bicyclic) bond motifs is 2. The summed E-state index contributed by atoms with van der Waals surface area (Å²) in [6.07, 6.45) is 0.428. The Balaban J connectivity index is 1.70. The summed E-state index contributed by atoms with van der Waals surface area (Å²) in [6, 6.07) is 10.4. The highest BCUT2D eigenvalue weighted by Crippen LogP contribution is 2.27. The summed E-state index contributed by atoms with van der Waals surface area (Å²) in [5.74, 6) is -1.82. The number of thiazole rings is 1. The first kappa shape index (κ1) is 40.0. The van der Waals surface area contributed by atoms with Crippen LogP contribution < -0.4 is 26.0 Å². The van der Waals surface area contributed by atoms with Gasteiger partial charge in [0.05, 0.1) is 19.7 Å². The number of likely N-dealkylation sites (N-methyl/N-ethyl adjacent to an activating group) is 1. The number of hydrogen-bond acceptors (Lipinski definition) is 9. The number of methoxy groups -OCH3 is 1. The maximum absolute atomic E-state index is 13.9. The Morgan fingerprint density at radius 1 is 0.923 bits per heavy atom. The van der Waals surface area contributed by atoms with Crippen LogP contribution in [0.25, 0.3) is 0 Å². The van der Waals surface area contributed by atoms with Crippen LogP contribution in [0.2, 0.25) is 0 Å². The molecule has 4 rings (SSSR count). The van der Waals surface area contributed by atoms with E-state index in [-0.39, 0.29) is 36.5 Å². The first-order valence-electron chi connectivity index (χ1n) is 17.5. The summed E-state index contributed by atoms with van der Waals surface area (Å²) < 4.78 is 5.75. The summed E-state index contributed by atoms with van der Waals surface area (Å²) in [7, 11) is 3.27. The van der Waals surface area contributed by atoms with E-state index in [1.165, 1.54) is 23.2 Å². The van der Waals surface area contributed by atoms with E-state index in [1.54, 1.807) is 40.3 Å². The molecule has 2 bridgehead atoms. The topological polar surface area (TPSA) is 162 Å². The van der Waals surface area contributed by atoms with Gasteiger partial charge in [0.15, 0.2) is 0 Å². The predicted molar refractivity (Wildman–Crippen MR) is 200 cm³/mol. The number of rotatable bonds is 6. The zero-order valence-electron chi connectivity index (χ0n) is 31.2. The van der Waals surface area contributed by atoms with E-state index in [0.717, 1.165) is 28.0 Å². The van der Waals surface area contributed by atoms with E-state index < -0.39 is 41.9 Å². The molecule has 0 unspecified atom stereocenters. The van der Waals surface area contributed by atoms with Crippen LogP contribution in [0.15, 0.2) is 47.8 Å². The second kappa shape index (κ2) is 18.1. The molecule has 1 aromatic heterocycles. The monoisotopic (exact) mass is 733 g/mol. The molecule has 0 fully saturated rings. The molecule has 2 aromatic carbocycles. The van der Waals surface area contributed by atoms with Gasteiger partial charge in [-0.05, 0) is 51.2 Å². The van der Waals surface area contributed by atoms with Gasteiger partial charge in [0.2, 0.25) is 23.6 Å². The second-order valence-electron chi connectivity index (χ2n) is 13.8. The fourth-order valence-electron chi connectivity index (χ4n) is 6.20. The first-order valence-corrected chi connectivity index (χ1v) is 18.4. The third kappa shape index (κ3) is 10.6. The van der Waals surface area contributed by atoms with Crippen molar-refractivity contribution in [1.82, 2.24) is 36.1 Å². The van der Waals surface area contributed by atoms with Gasteiger partial charge in [0.1, 0.15) is 34.6 Å². The molecule has 1 aliphatic heterocycles. The molecule has 0 spiro atoms. The Morgan fingerprint density at radius 3 is 2.31 bits per heavy atom. The van der Waals surface area contributed by atoms with E-state index >= 15 is 0 Å². The van der Waals surface area contributed by atoms with Gasteiger partial charge in [-0.1, -0.05) is 61.9 Å².